The summed E-state index contributed by atoms with van der Waals surface area (Å²) >= 11 is 0. The van der Waals surface area contributed by atoms with Crippen molar-refractivity contribution >= 4 is 21.2 Å². The fourth-order valence-electron chi connectivity index (χ4n) is 3.03. The van der Waals surface area contributed by atoms with Gasteiger partial charge in [-0.1, -0.05) is 26.2 Å². The highest BCUT2D eigenvalue weighted by Gasteiger charge is 2.20. The van der Waals surface area contributed by atoms with Crippen LogP contribution in [-0.2, 0) is 9.84 Å². The first-order valence-electron chi connectivity index (χ1n) is 7.73. The largest absolute Gasteiger partial charge is 0.397 e. The average molecular weight is 310 g/mol. The van der Waals surface area contributed by atoms with Gasteiger partial charge in [-0.25, -0.2) is 8.42 Å². The molecule has 1 aromatic carbocycles. The average Bonchev–Trinajstić information content (AvgIpc) is 2.45. The summed E-state index contributed by atoms with van der Waals surface area (Å²) in [5.41, 5.74) is 7.28. The smallest absolute Gasteiger partial charge is 0.175 e. The summed E-state index contributed by atoms with van der Waals surface area (Å²) in [5, 5.41) is 3.37. The van der Waals surface area contributed by atoms with Crippen molar-refractivity contribution in [3.05, 3.63) is 18.2 Å². The van der Waals surface area contributed by atoms with Gasteiger partial charge in [0.15, 0.2) is 9.84 Å². The van der Waals surface area contributed by atoms with E-state index in [4.69, 9.17) is 5.73 Å². The second-order valence-electron chi connectivity index (χ2n) is 6.20. The van der Waals surface area contributed by atoms with E-state index in [1.807, 2.05) is 0 Å². The van der Waals surface area contributed by atoms with Crippen molar-refractivity contribution in [3.8, 4) is 0 Å². The molecular formula is C16H26N2O2S. The summed E-state index contributed by atoms with van der Waals surface area (Å²) in [6.07, 6.45) is 7.68. The van der Waals surface area contributed by atoms with Crippen molar-refractivity contribution in [1.82, 2.24) is 0 Å². The van der Waals surface area contributed by atoms with Gasteiger partial charge < -0.3 is 11.1 Å². The molecule has 1 saturated carbocycles. The molecule has 1 fully saturated rings. The summed E-state index contributed by atoms with van der Waals surface area (Å²) in [5.74, 6) is 1.60. The van der Waals surface area contributed by atoms with Gasteiger partial charge in [0, 0.05) is 12.8 Å². The Morgan fingerprint density at radius 2 is 1.81 bits per heavy atom. The Labute approximate surface area is 128 Å². The summed E-state index contributed by atoms with van der Waals surface area (Å²) in [4.78, 5) is 0.272. The van der Waals surface area contributed by atoms with Gasteiger partial charge in [0.1, 0.15) is 0 Å². The highest BCUT2D eigenvalue weighted by molar-refractivity contribution is 7.90. The molecule has 0 aromatic heterocycles. The number of sulfone groups is 1. The van der Waals surface area contributed by atoms with E-state index < -0.39 is 9.84 Å². The first-order valence-corrected chi connectivity index (χ1v) is 9.62. The Kier molecular flexibility index (Phi) is 5.14. The summed E-state index contributed by atoms with van der Waals surface area (Å²) in [6, 6.07) is 4.91. The van der Waals surface area contributed by atoms with Gasteiger partial charge in [-0.05, 0) is 42.9 Å². The van der Waals surface area contributed by atoms with Gasteiger partial charge in [-0.3, -0.25) is 0 Å². The van der Waals surface area contributed by atoms with Crippen molar-refractivity contribution in [2.24, 2.45) is 11.8 Å². The van der Waals surface area contributed by atoms with Crippen molar-refractivity contribution in [2.75, 3.05) is 23.9 Å². The molecule has 5 heteroatoms. The maximum Gasteiger partial charge on any atom is 0.175 e. The maximum atomic E-state index is 11.5. The molecule has 1 aliphatic carbocycles. The molecule has 21 heavy (non-hydrogen) atoms. The third kappa shape index (κ3) is 4.37. The zero-order valence-electron chi connectivity index (χ0n) is 12.9. The molecule has 1 aliphatic rings. The lowest BCUT2D eigenvalue weighted by atomic mass is 9.81. The topological polar surface area (TPSA) is 72.2 Å². The zero-order chi connectivity index (χ0) is 15.5. The van der Waals surface area contributed by atoms with E-state index in [1.54, 1.807) is 12.1 Å². The SMILES string of the molecule is CCC1CCC(CNc2ccc(S(C)(=O)=O)cc2N)CC1. The molecule has 1 aromatic rings. The van der Waals surface area contributed by atoms with Crippen molar-refractivity contribution in [2.45, 2.75) is 43.9 Å². The Morgan fingerprint density at radius 3 is 2.33 bits per heavy atom. The molecule has 2 rings (SSSR count). The van der Waals surface area contributed by atoms with Gasteiger partial charge in [-0.2, -0.15) is 0 Å². The number of anilines is 2. The Balaban J connectivity index is 1.92. The zero-order valence-corrected chi connectivity index (χ0v) is 13.7. The minimum Gasteiger partial charge on any atom is -0.397 e. The van der Waals surface area contributed by atoms with Crippen LogP contribution in [0.2, 0.25) is 0 Å². The first kappa shape index (κ1) is 16.1. The molecule has 0 saturated heterocycles. The van der Waals surface area contributed by atoms with Crippen LogP contribution in [0.15, 0.2) is 23.1 Å². The van der Waals surface area contributed by atoms with Crippen molar-refractivity contribution in [1.29, 1.82) is 0 Å². The standard InChI is InChI=1S/C16H26N2O2S/c1-3-12-4-6-13(7-5-12)11-18-16-9-8-14(10-15(16)17)21(2,19)20/h8-10,12-13,18H,3-7,11,17H2,1-2H3. The van der Waals surface area contributed by atoms with E-state index in [2.05, 4.69) is 12.2 Å². The second kappa shape index (κ2) is 6.69. The molecular weight excluding hydrogens is 284 g/mol. The molecule has 0 atom stereocenters. The summed E-state index contributed by atoms with van der Waals surface area (Å²) < 4.78 is 23.0. The van der Waals surface area contributed by atoms with E-state index >= 15 is 0 Å². The van der Waals surface area contributed by atoms with Crippen LogP contribution in [0.5, 0.6) is 0 Å². The predicted octanol–water partition coefficient (Wildman–Crippen LogP) is 3.30. The third-order valence-corrected chi connectivity index (χ3v) is 5.69. The molecule has 0 heterocycles. The van der Waals surface area contributed by atoms with Crippen LogP contribution in [0.25, 0.3) is 0 Å². The molecule has 0 unspecified atom stereocenters. The monoisotopic (exact) mass is 310 g/mol. The first-order chi connectivity index (χ1) is 9.90. The molecule has 0 radical (unpaired) electrons. The summed E-state index contributed by atoms with van der Waals surface area (Å²) in [7, 11) is -3.19. The minimum absolute atomic E-state index is 0.272. The third-order valence-electron chi connectivity index (χ3n) is 4.58. The second-order valence-corrected chi connectivity index (χ2v) is 8.21. The fourth-order valence-corrected chi connectivity index (χ4v) is 3.69. The van der Waals surface area contributed by atoms with Gasteiger partial charge in [0.25, 0.3) is 0 Å². The van der Waals surface area contributed by atoms with Gasteiger partial charge >= 0.3 is 0 Å². The number of nitrogens with one attached hydrogen (secondary N) is 1. The van der Waals surface area contributed by atoms with Crippen LogP contribution in [0.4, 0.5) is 11.4 Å². The molecule has 0 amide bonds. The molecule has 3 N–H and O–H groups in total. The lowest BCUT2D eigenvalue weighted by Crippen LogP contribution is -2.21. The molecule has 0 bridgehead atoms. The number of nitrogens with two attached hydrogens (primary N) is 1. The van der Waals surface area contributed by atoms with Crippen LogP contribution in [0.1, 0.15) is 39.0 Å². The normalized spacial score (nSPS) is 23.0. The predicted molar refractivity (Wildman–Crippen MR) is 88.2 cm³/mol. The summed E-state index contributed by atoms with van der Waals surface area (Å²) in [6.45, 7) is 3.19. The molecule has 4 nitrogen and oxygen atoms in total. The van der Waals surface area contributed by atoms with Crippen LogP contribution < -0.4 is 11.1 Å². The van der Waals surface area contributed by atoms with Crippen LogP contribution in [0, 0.1) is 11.8 Å². The van der Waals surface area contributed by atoms with E-state index in [0.29, 0.717) is 11.6 Å². The van der Waals surface area contributed by atoms with Crippen LogP contribution >= 0.6 is 0 Å². The number of rotatable bonds is 5. The molecule has 0 spiro atoms. The number of nitrogen functional groups attached to an aromatic ring is 1. The van der Waals surface area contributed by atoms with Crippen molar-refractivity contribution < 1.29 is 8.42 Å². The Bertz CT molecular complexity index is 576. The maximum absolute atomic E-state index is 11.5. The lowest BCUT2D eigenvalue weighted by molar-refractivity contribution is 0.278. The van der Waals surface area contributed by atoms with Crippen LogP contribution in [0.3, 0.4) is 0 Å². The van der Waals surface area contributed by atoms with Gasteiger partial charge in [-0.15, -0.1) is 0 Å². The number of hydrogen-bond acceptors (Lipinski definition) is 4. The number of hydrogen-bond donors (Lipinski definition) is 2. The molecule has 118 valence electrons. The van der Waals surface area contributed by atoms with Gasteiger partial charge in [0.05, 0.1) is 16.3 Å². The van der Waals surface area contributed by atoms with E-state index in [0.717, 1.165) is 18.2 Å². The van der Waals surface area contributed by atoms with Crippen LogP contribution in [-0.4, -0.2) is 21.2 Å². The Morgan fingerprint density at radius 1 is 1.19 bits per heavy atom. The number of benzene rings is 1. The van der Waals surface area contributed by atoms with E-state index in [9.17, 15) is 8.42 Å². The van der Waals surface area contributed by atoms with E-state index in [-0.39, 0.29) is 4.90 Å². The lowest BCUT2D eigenvalue weighted by Gasteiger charge is -2.28. The van der Waals surface area contributed by atoms with E-state index in [1.165, 1.54) is 44.4 Å². The molecule has 0 aliphatic heterocycles. The highest BCUT2D eigenvalue weighted by Crippen LogP contribution is 2.31. The Hall–Kier alpha value is -1.23. The fraction of sp³-hybridized carbons (Fsp3) is 0.625. The minimum atomic E-state index is -3.19. The van der Waals surface area contributed by atoms with Crippen molar-refractivity contribution in [3.63, 3.8) is 0 Å². The quantitative estimate of drug-likeness (QED) is 0.819. The highest BCUT2D eigenvalue weighted by atomic mass is 32.2. The van der Waals surface area contributed by atoms with Gasteiger partial charge in [0.2, 0.25) is 0 Å².